The average molecular weight is 573 g/mol. The highest BCUT2D eigenvalue weighted by molar-refractivity contribution is 7.49. The zero-order valence-corrected chi connectivity index (χ0v) is 21.5. The van der Waals surface area contributed by atoms with Gasteiger partial charge < -0.3 is 18.9 Å². The molecule has 2 heterocycles. The van der Waals surface area contributed by atoms with E-state index in [1.54, 1.807) is 38.1 Å². The number of rotatable bonds is 9. The Kier molecular flexibility index (Phi) is 8.17. The lowest BCUT2D eigenvalue weighted by molar-refractivity contribution is -0.200. The van der Waals surface area contributed by atoms with E-state index in [4.69, 9.17) is 18.3 Å². The topological polar surface area (TPSA) is 112 Å². The summed E-state index contributed by atoms with van der Waals surface area (Å²) in [6, 6.07) is 12.1. The Balaban J connectivity index is 1.62. The number of benzene rings is 2. The Morgan fingerprint density at radius 3 is 2.05 bits per heavy atom. The second kappa shape index (κ2) is 11.1. The Bertz CT molecular complexity index is 1250. The summed E-state index contributed by atoms with van der Waals surface area (Å²) in [7, 11) is -4.80. The number of phosphoric ester groups is 1. The van der Waals surface area contributed by atoms with Gasteiger partial charge in [-0.05, 0) is 38.1 Å². The van der Waals surface area contributed by atoms with Crippen molar-refractivity contribution >= 4 is 19.5 Å². The molecule has 0 aromatic heterocycles. The fourth-order valence-corrected chi connectivity index (χ4v) is 5.12. The summed E-state index contributed by atoms with van der Waals surface area (Å²) in [6.07, 6.45) is -11.9. The minimum absolute atomic E-state index is 0.0135. The number of aliphatic hydroxyl groups excluding tert-OH is 1. The van der Waals surface area contributed by atoms with E-state index in [1.807, 2.05) is 0 Å². The molecule has 0 spiro atoms. The first kappa shape index (κ1) is 28.8. The zero-order valence-electron chi connectivity index (χ0n) is 20.6. The lowest BCUT2D eigenvalue weighted by atomic mass is 9.97. The fourth-order valence-electron chi connectivity index (χ4n) is 3.86. The highest BCUT2D eigenvalue weighted by Gasteiger charge is 2.64. The predicted octanol–water partition coefficient (Wildman–Crippen LogP) is 4.56. The number of aryl methyl sites for hydroxylation is 2. The van der Waals surface area contributed by atoms with Crippen molar-refractivity contribution in [3.05, 3.63) is 71.7 Å². The molecule has 2 aliphatic heterocycles. The maximum Gasteiger partial charge on any atom is 0.587 e. The van der Waals surface area contributed by atoms with Crippen LogP contribution >= 0.6 is 7.82 Å². The summed E-state index contributed by atoms with van der Waals surface area (Å²) in [4.78, 5) is 23.9. The molecule has 0 saturated carbocycles. The standard InChI is InChI=1S/C25H24F4NO8P/c1-14-3-7-16(8-4-14)37-39(34,38-17-9-5-15(2)6-10-17)35-13-25(24(28)29)22(33)21(27)23(36-25)30-12-18(26)19(31)11-20(30)32/h3-10,12,21-24,33H,11,13H2,1-2H3/t21-,22-,23+,25+/m0/s1. The number of alkyl halides is 3. The van der Waals surface area contributed by atoms with Crippen molar-refractivity contribution in [3.63, 3.8) is 0 Å². The largest absolute Gasteiger partial charge is 0.587 e. The molecule has 4 atom stereocenters. The van der Waals surface area contributed by atoms with Crippen LogP contribution in [-0.2, 0) is 23.4 Å². The highest BCUT2D eigenvalue weighted by Crippen LogP contribution is 2.52. The van der Waals surface area contributed by atoms with Crippen molar-refractivity contribution in [2.75, 3.05) is 6.61 Å². The first-order chi connectivity index (χ1) is 18.3. The predicted molar refractivity (Wildman–Crippen MR) is 127 cm³/mol. The molecule has 39 heavy (non-hydrogen) atoms. The molecular formula is C25H24F4NO8P. The van der Waals surface area contributed by atoms with E-state index < -0.39 is 68.9 Å². The number of hydrogen-bond acceptors (Lipinski definition) is 8. The molecule has 1 fully saturated rings. The number of allylic oxidation sites excluding steroid dienone is 1. The van der Waals surface area contributed by atoms with E-state index in [2.05, 4.69) is 0 Å². The molecule has 0 radical (unpaired) electrons. The molecule has 210 valence electrons. The van der Waals surface area contributed by atoms with Crippen LogP contribution in [0.15, 0.2) is 60.6 Å². The van der Waals surface area contributed by atoms with Gasteiger partial charge in [-0.3, -0.25) is 19.0 Å². The number of amides is 1. The summed E-state index contributed by atoms with van der Waals surface area (Å²) in [5.74, 6) is -3.77. The van der Waals surface area contributed by atoms with Crippen LogP contribution in [0.5, 0.6) is 11.5 Å². The second-order valence-corrected chi connectivity index (χ2v) is 10.6. The lowest BCUT2D eigenvalue weighted by Gasteiger charge is -2.33. The zero-order chi connectivity index (χ0) is 28.5. The third kappa shape index (κ3) is 6.01. The van der Waals surface area contributed by atoms with Crippen LogP contribution in [0.2, 0.25) is 0 Å². The molecule has 1 saturated heterocycles. The number of carbonyl (C=O) groups excluding carboxylic acids is 2. The Morgan fingerprint density at radius 1 is 1.05 bits per heavy atom. The summed E-state index contributed by atoms with van der Waals surface area (Å²) < 4.78 is 92.4. The minimum atomic E-state index is -4.80. The van der Waals surface area contributed by atoms with E-state index in [0.29, 0.717) is 6.20 Å². The van der Waals surface area contributed by atoms with Gasteiger partial charge in [-0.1, -0.05) is 35.4 Å². The van der Waals surface area contributed by atoms with Crippen molar-refractivity contribution in [2.24, 2.45) is 0 Å². The van der Waals surface area contributed by atoms with Gasteiger partial charge in [0, 0.05) is 6.20 Å². The van der Waals surface area contributed by atoms with Crippen LogP contribution in [-0.4, -0.2) is 58.8 Å². The van der Waals surface area contributed by atoms with Gasteiger partial charge in [-0.25, -0.2) is 22.1 Å². The van der Waals surface area contributed by atoms with E-state index >= 15 is 4.39 Å². The summed E-state index contributed by atoms with van der Waals surface area (Å²) in [5, 5.41) is 10.5. The molecular weight excluding hydrogens is 549 g/mol. The molecule has 2 aromatic rings. The maximum atomic E-state index is 15.1. The monoisotopic (exact) mass is 573 g/mol. The third-order valence-corrected chi connectivity index (χ3v) is 7.42. The van der Waals surface area contributed by atoms with Gasteiger partial charge in [0.15, 0.2) is 23.8 Å². The van der Waals surface area contributed by atoms with Gasteiger partial charge in [-0.15, -0.1) is 0 Å². The smallest absolute Gasteiger partial charge is 0.395 e. The van der Waals surface area contributed by atoms with Crippen LogP contribution in [0, 0.1) is 13.8 Å². The summed E-state index contributed by atoms with van der Waals surface area (Å²) >= 11 is 0. The van der Waals surface area contributed by atoms with E-state index in [-0.39, 0.29) is 16.4 Å². The van der Waals surface area contributed by atoms with Gasteiger partial charge >= 0.3 is 7.82 Å². The number of ether oxygens (including phenoxy) is 1. The number of ketones is 1. The van der Waals surface area contributed by atoms with Gasteiger partial charge in [0.25, 0.3) is 6.43 Å². The van der Waals surface area contributed by atoms with Gasteiger partial charge in [0.2, 0.25) is 11.7 Å². The van der Waals surface area contributed by atoms with Crippen molar-refractivity contribution < 1.29 is 55.1 Å². The van der Waals surface area contributed by atoms with Gasteiger partial charge in [0.1, 0.15) is 17.6 Å². The molecule has 2 aromatic carbocycles. The Morgan fingerprint density at radius 2 is 1.56 bits per heavy atom. The Labute approximate surface area is 220 Å². The van der Waals surface area contributed by atoms with Crippen LogP contribution < -0.4 is 9.05 Å². The molecule has 2 aliphatic rings. The van der Waals surface area contributed by atoms with Crippen molar-refractivity contribution in [3.8, 4) is 11.5 Å². The summed E-state index contributed by atoms with van der Waals surface area (Å²) in [6.45, 7) is 2.13. The molecule has 0 unspecified atom stereocenters. The summed E-state index contributed by atoms with van der Waals surface area (Å²) in [5.41, 5.74) is -1.52. The number of Topliss-reactive ketones (excluding diaryl/α,β-unsaturated/α-hetero) is 1. The van der Waals surface area contributed by atoms with Crippen LogP contribution in [0.4, 0.5) is 17.6 Å². The number of hydrogen-bond donors (Lipinski definition) is 1. The van der Waals surface area contributed by atoms with Crippen molar-refractivity contribution in [1.82, 2.24) is 4.90 Å². The minimum Gasteiger partial charge on any atom is -0.395 e. The number of aliphatic hydroxyl groups is 1. The molecule has 0 aliphatic carbocycles. The molecule has 1 amide bonds. The number of nitrogens with zero attached hydrogens (tertiary/aromatic N) is 1. The molecule has 4 rings (SSSR count). The Hall–Kier alpha value is -3.25. The normalized spacial score (nSPS) is 25.7. The number of carbonyl (C=O) groups is 2. The van der Waals surface area contributed by atoms with Crippen molar-refractivity contribution in [2.45, 2.75) is 50.8 Å². The van der Waals surface area contributed by atoms with Crippen LogP contribution in [0.1, 0.15) is 17.5 Å². The molecule has 0 bridgehead atoms. The van der Waals surface area contributed by atoms with Gasteiger partial charge in [-0.2, -0.15) is 0 Å². The molecule has 1 N–H and O–H groups in total. The molecule has 9 nitrogen and oxygen atoms in total. The number of halogens is 4. The second-order valence-electron chi connectivity index (χ2n) is 9.06. The van der Waals surface area contributed by atoms with E-state index in [0.717, 1.165) is 11.1 Å². The first-order valence-electron chi connectivity index (χ1n) is 11.6. The van der Waals surface area contributed by atoms with E-state index in [1.165, 1.54) is 24.3 Å². The quantitative estimate of drug-likeness (QED) is 0.264. The van der Waals surface area contributed by atoms with Crippen LogP contribution in [0.3, 0.4) is 0 Å². The fraction of sp³-hybridized carbons (Fsp3) is 0.360. The SMILES string of the molecule is Cc1ccc(OP(=O)(OC[C@@]2(C(F)F)O[C@@H](N3C=C(F)C(=O)CC3=O)[C@@H](F)[C@@H]2O)Oc2ccc(C)cc2)cc1. The molecule has 14 heteroatoms. The lowest BCUT2D eigenvalue weighted by Crippen LogP contribution is -2.52. The van der Waals surface area contributed by atoms with Crippen LogP contribution in [0.25, 0.3) is 0 Å². The van der Waals surface area contributed by atoms with Gasteiger partial charge in [0.05, 0.1) is 13.0 Å². The van der Waals surface area contributed by atoms with E-state index in [9.17, 15) is 32.4 Å². The van der Waals surface area contributed by atoms with Crippen molar-refractivity contribution in [1.29, 1.82) is 0 Å². The third-order valence-electron chi connectivity index (χ3n) is 6.10. The maximum absolute atomic E-state index is 15.1. The average Bonchev–Trinajstić information content (AvgIpc) is 3.14. The first-order valence-corrected chi connectivity index (χ1v) is 13.1. The number of phosphoric acid groups is 1. The highest BCUT2D eigenvalue weighted by atomic mass is 31.2.